The van der Waals surface area contributed by atoms with E-state index in [1.54, 1.807) is 0 Å². The fourth-order valence-corrected chi connectivity index (χ4v) is 1.13. The van der Waals surface area contributed by atoms with Crippen molar-refractivity contribution >= 4 is 28.9 Å². The zero-order chi connectivity index (χ0) is 11.4. The summed E-state index contributed by atoms with van der Waals surface area (Å²) >= 11 is 5.61. The maximum absolute atomic E-state index is 10.8. The first-order chi connectivity index (χ1) is 7.04. The summed E-state index contributed by atoms with van der Waals surface area (Å²) in [6.45, 7) is -0.746. The number of benzene rings is 1. The van der Waals surface area contributed by atoms with Gasteiger partial charge in [-0.2, -0.15) is 0 Å². The van der Waals surface area contributed by atoms with E-state index in [4.69, 9.17) is 16.7 Å². The van der Waals surface area contributed by atoms with Crippen molar-refractivity contribution in [2.24, 2.45) is 0 Å². The van der Waals surface area contributed by atoms with Gasteiger partial charge >= 0.3 is 0 Å². The largest absolute Gasteiger partial charge is 0.387 e. The van der Waals surface area contributed by atoms with Crippen molar-refractivity contribution < 1.29 is 14.8 Å². The van der Waals surface area contributed by atoms with E-state index in [1.165, 1.54) is 18.2 Å². The highest BCUT2D eigenvalue weighted by Crippen LogP contribution is 2.27. The van der Waals surface area contributed by atoms with Crippen molar-refractivity contribution in [1.29, 1.82) is 0 Å². The zero-order valence-corrected chi connectivity index (χ0v) is 8.19. The SMILES string of the molecule is O=C(CO)Nc1cc(Cl)ccc1[N+](=O)[O-]. The number of rotatable bonds is 3. The van der Waals surface area contributed by atoms with Gasteiger partial charge < -0.3 is 10.4 Å². The molecule has 15 heavy (non-hydrogen) atoms. The molecule has 0 aliphatic rings. The van der Waals surface area contributed by atoms with Crippen LogP contribution in [0, 0.1) is 10.1 Å². The molecule has 0 fully saturated rings. The standard InChI is InChI=1S/C8H7ClN2O4/c9-5-1-2-7(11(14)15)6(3-5)10-8(13)4-12/h1-3,12H,4H2,(H,10,13). The molecule has 0 unspecified atom stereocenters. The van der Waals surface area contributed by atoms with E-state index in [2.05, 4.69) is 5.32 Å². The average Bonchev–Trinajstić information content (AvgIpc) is 2.17. The molecule has 0 saturated heterocycles. The maximum Gasteiger partial charge on any atom is 0.292 e. The predicted octanol–water partition coefficient (Wildman–Crippen LogP) is 1.18. The number of nitrogens with zero attached hydrogens (tertiary/aromatic N) is 1. The second-order valence-electron chi connectivity index (χ2n) is 2.62. The van der Waals surface area contributed by atoms with Gasteiger partial charge in [0.2, 0.25) is 5.91 Å². The minimum Gasteiger partial charge on any atom is -0.387 e. The number of amides is 1. The molecule has 0 saturated carbocycles. The highest BCUT2D eigenvalue weighted by Gasteiger charge is 2.15. The van der Waals surface area contributed by atoms with Crippen molar-refractivity contribution in [3.05, 3.63) is 33.3 Å². The van der Waals surface area contributed by atoms with Crippen LogP contribution in [0.2, 0.25) is 5.02 Å². The second-order valence-corrected chi connectivity index (χ2v) is 3.06. The number of nitrogens with one attached hydrogen (secondary N) is 1. The van der Waals surface area contributed by atoms with Gasteiger partial charge in [-0.05, 0) is 12.1 Å². The van der Waals surface area contributed by atoms with Crippen molar-refractivity contribution in [3.8, 4) is 0 Å². The molecule has 1 aromatic carbocycles. The van der Waals surface area contributed by atoms with E-state index in [-0.39, 0.29) is 16.4 Å². The molecule has 0 heterocycles. The number of aliphatic hydroxyl groups excluding tert-OH is 1. The molecule has 1 aromatic rings. The Hall–Kier alpha value is -1.66. The van der Waals surface area contributed by atoms with Crippen LogP contribution in [0.5, 0.6) is 0 Å². The Bertz CT molecular complexity index is 408. The Labute approximate surface area is 89.6 Å². The smallest absolute Gasteiger partial charge is 0.292 e. The monoisotopic (exact) mass is 230 g/mol. The van der Waals surface area contributed by atoms with E-state index in [1.807, 2.05) is 0 Å². The molecule has 0 spiro atoms. The lowest BCUT2D eigenvalue weighted by Gasteiger charge is -2.04. The quantitative estimate of drug-likeness (QED) is 0.602. The summed E-state index contributed by atoms with van der Waals surface area (Å²) in [6.07, 6.45) is 0. The minimum atomic E-state index is -0.746. The van der Waals surface area contributed by atoms with Gasteiger partial charge in [0.25, 0.3) is 5.69 Å². The van der Waals surface area contributed by atoms with Crippen molar-refractivity contribution in [2.75, 3.05) is 11.9 Å². The van der Waals surface area contributed by atoms with E-state index in [9.17, 15) is 14.9 Å². The summed E-state index contributed by atoms with van der Waals surface area (Å²) < 4.78 is 0. The third-order valence-corrected chi connectivity index (χ3v) is 1.81. The number of carbonyl (C=O) groups excluding carboxylic acids is 1. The van der Waals surface area contributed by atoms with Gasteiger partial charge in [0.1, 0.15) is 12.3 Å². The number of carbonyl (C=O) groups is 1. The highest BCUT2D eigenvalue weighted by molar-refractivity contribution is 6.31. The molecule has 2 N–H and O–H groups in total. The van der Waals surface area contributed by atoms with Crippen molar-refractivity contribution in [2.45, 2.75) is 0 Å². The molecule has 0 bridgehead atoms. The normalized spacial score (nSPS) is 9.73. The van der Waals surface area contributed by atoms with E-state index in [0.717, 1.165) is 0 Å². The van der Waals surface area contributed by atoms with E-state index < -0.39 is 17.4 Å². The molecule has 0 atom stereocenters. The molecule has 6 nitrogen and oxygen atoms in total. The fourth-order valence-electron chi connectivity index (χ4n) is 0.957. The highest BCUT2D eigenvalue weighted by atomic mass is 35.5. The topological polar surface area (TPSA) is 92.5 Å². The average molecular weight is 231 g/mol. The Kier molecular flexibility index (Phi) is 3.59. The molecule has 0 aromatic heterocycles. The Morgan fingerprint density at radius 2 is 2.27 bits per heavy atom. The van der Waals surface area contributed by atoms with Crippen LogP contribution in [-0.4, -0.2) is 22.5 Å². The van der Waals surface area contributed by atoms with Crippen LogP contribution >= 0.6 is 11.6 Å². The summed E-state index contributed by atoms with van der Waals surface area (Å²) in [5, 5.41) is 21.5. The Morgan fingerprint density at radius 3 is 2.80 bits per heavy atom. The summed E-state index contributed by atoms with van der Waals surface area (Å²) in [5.41, 5.74) is -0.312. The van der Waals surface area contributed by atoms with Crippen LogP contribution in [0.3, 0.4) is 0 Å². The first-order valence-electron chi connectivity index (χ1n) is 3.89. The Morgan fingerprint density at radius 1 is 1.60 bits per heavy atom. The van der Waals surface area contributed by atoms with Crippen LogP contribution in [0.4, 0.5) is 11.4 Å². The van der Waals surface area contributed by atoms with Gasteiger partial charge in [-0.25, -0.2) is 0 Å². The summed E-state index contributed by atoms with van der Waals surface area (Å²) in [5.74, 6) is -0.736. The van der Waals surface area contributed by atoms with Gasteiger partial charge in [0.15, 0.2) is 0 Å². The molecule has 0 aliphatic heterocycles. The maximum atomic E-state index is 10.8. The Balaban J connectivity index is 3.07. The summed E-state index contributed by atoms with van der Waals surface area (Å²) in [7, 11) is 0. The predicted molar refractivity (Wildman–Crippen MR) is 53.8 cm³/mol. The lowest BCUT2D eigenvalue weighted by molar-refractivity contribution is -0.383. The number of hydrogen-bond donors (Lipinski definition) is 2. The first kappa shape index (κ1) is 11.4. The van der Waals surface area contributed by atoms with Crippen LogP contribution < -0.4 is 5.32 Å². The van der Waals surface area contributed by atoms with Crippen molar-refractivity contribution in [1.82, 2.24) is 0 Å². The third kappa shape index (κ3) is 2.90. The molecule has 1 rings (SSSR count). The molecular formula is C8H7ClN2O4. The number of halogens is 1. The van der Waals surface area contributed by atoms with E-state index in [0.29, 0.717) is 0 Å². The van der Waals surface area contributed by atoms with Gasteiger partial charge in [-0.3, -0.25) is 14.9 Å². The molecular weight excluding hydrogens is 224 g/mol. The van der Waals surface area contributed by atoms with Crippen molar-refractivity contribution in [3.63, 3.8) is 0 Å². The fraction of sp³-hybridized carbons (Fsp3) is 0.125. The molecule has 0 radical (unpaired) electrons. The second kappa shape index (κ2) is 4.72. The van der Waals surface area contributed by atoms with Gasteiger partial charge in [0.05, 0.1) is 4.92 Å². The van der Waals surface area contributed by atoms with Gasteiger partial charge in [-0.15, -0.1) is 0 Å². The zero-order valence-electron chi connectivity index (χ0n) is 7.44. The molecule has 7 heteroatoms. The summed E-state index contributed by atoms with van der Waals surface area (Å²) in [6, 6.07) is 3.76. The lowest BCUT2D eigenvalue weighted by atomic mass is 10.2. The first-order valence-corrected chi connectivity index (χ1v) is 4.27. The van der Waals surface area contributed by atoms with Crippen LogP contribution in [-0.2, 0) is 4.79 Å². The van der Waals surface area contributed by atoms with Gasteiger partial charge in [-0.1, -0.05) is 11.6 Å². The molecule has 0 aliphatic carbocycles. The molecule has 1 amide bonds. The number of nitro benzene ring substituents is 1. The third-order valence-electron chi connectivity index (χ3n) is 1.57. The number of nitro groups is 1. The number of aliphatic hydroxyl groups is 1. The summed E-state index contributed by atoms with van der Waals surface area (Å²) in [4.78, 5) is 20.7. The van der Waals surface area contributed by atoms with E-state index >= 15 is 0 Å². The number of hydrogen-bond acceptors (Lipinski definition) is 4. The van der Waals surface area contributed by atoms with Gasteiger partial charge in [0, 0.05) is 11.1 Å². The van der Waals surface area contributed by atoms with Crippen LogP contribution in [0.1, 0.15) is 0 Å². The number of anilines is 1. The molecule has 80 valence electrons. The van der Waals surface area contributed by atoms with Crippen LogP contribution in [0.15, 0.2) is 18.2 Å². The minimum absolute atomic E-state index is 0.0356. The lowest BCUT2D eigenvalue weighted by Crippen LogP contribution is -2.16. The van der Waals surface area contributed by atoms with Crippen LogP contribution in [0.25, 0.3) is 0 Å².